The number of hydrogen-bond donors (Lipinski definition) is 4. The van der Waals surface area contributed by atoms with E-state index in [4.69, 9.17) is 0 Å². The van der Waals surface area contributed by atoms with Gasteiger partial charge in [0.2, 0.25) is 0 Å². The minimum absolute atomic E-state index is 0.103. The standard InChI is InChI=1S/C11H12N4O3/c1-6(8-4-12-13-5-8)14-11(18)7-2-9(16)15-10(17)3-7/h2-6H,1H3,(H,12,13)(H,14,18)(H2,15,16,17). The topological polar surface area (TPSA) is 111 Å². The summed E-state index contributed by atoms with van der Waals surface area (Å²) in [6, 6.07) is 2.06. The highest BCUT2D eigenvalue weighted by Gasteiger charge is 2.13. The zero-order chi connectivity index (χ0) is 13.1. The van der Waals surface area contributed by atoms with Crippen LogP contribution in [0.4, 0.5) is 0 Å². The fourth-order valence-corrected chi connectivity index (χ4v) is 1.52. The molecule has 0 spiro atoms. The molecule has 7 heteroatoms. The summed E-state index contributed by atoms with van der Waals surface area (Å²) in [6.45, 7) is 1.79. The van der Waals surface area contributed by atoms with E-state index in [0.29, 0.717) is 0 Å². The van der Waals surface area contributed by atoms with Crippen LogP contribution in [0.5, 0.6) is 5.88 Å². The van der Waals surface area contributed by atoms with Crippen molar-refractivity contribution in [3.8, 4) is 5.88 Å². The van der Waals surface area contributed by atoms with E-state index >= 15 is 0 Å². The Morgan fingerprint density at radius 3 is 2.89 bits per heavy atom. The summed E-state index contributed by atoms with van der Waals surface area (Å²) in [5, 5.41) is 18.3. The number of nitrogens with zero attached hydrogens (tertiary/aromatic N) is 1. The molecule has 1 unspecified atom stereocenters. The number of nitrogens with one attached hydrogen (secondary N) is 3. The van der Waals surface area contributed by atoms with E-state index in [1.54, 1.807) is 19.3 Å². The first kappa shape index (κ1) is 11.9. The van der Waals surface area contributed by atoms with Gasteiger partial charge < -0.3 is 10.4 Å². The largest absolute Gasteiger partial charge is 0.494 e. The summed E-state index contributed by atoms with van der Waals surface area (Å²) in [5.41, 5.74) is 0.389. The molecule has 0 aromatic carbocycles. The van der Waals surface area contributed by atoms with Crippen LogP contribution >= 0.6 is 0 Å². The quantitative estimate of drug-likeness (QED) is 0.625. The van der Waals surface area contributed by atoms with Crippen LogP contribution in [-0.4, -0.2) is 26.2 Å². The molecule has 2 aromatic heterocycles. The van der Waals surface area contributed by atoms with Gasteiger partial charge in [0.1, 0.15) is 0 Å². The highest BCUT2D eigenvalue weighted by molar-refractivity contribution is 5.94. The summed E-state index contributed by atoms with van der Waals surface area (Å²) in [7, 11) is 0. The van der Waals surface area contributed by atoms with E-state index in [1.807, 2.05) is 0 Å². The Kier molecular flexibility index (Phi) is 3.13. The molecular formula is C11H12N4O3. The highest BCUT2D eigenvalue weighted by atomic mass is 16.3. The molecule has 7 nitrogen and oxygen atoms in total. The lowest BCUT2D eigenvalue weighted by molar-refractivity contribution is 0.0939. The molecule has 0 aliphatic heterocycles. The van der Waals surface area contributed by atoms with E-state index in [2.05, 4.69) is 20.5 Å². The Morgan fingerprint density at radius 1 is 1.50 bits per heavy atom. The molecule has 0 saturated carbocycles. The van der Waals surface area contributed by atoms with Crippen LogP contribution in [0.3, 0.4) is 0 Å². The number of hydrogen-bond acceptors (Lipinski definition) is 4. The fraction of sp³-hybridized carbons (Fsp3) is 0.182. The number of carbonyl (C=O) groups excluding carboxylic acids is 1. The number of pyridine rings is 1. The Labute approximate surface area is 102 Å². The van der Waals surface area contributed by atoms with Gasteiger partial charge in [0.05, 0.1) is 17.8 Å². The van der Waals surface area contributed by atoms with Crippen molar-refractivity contribution >= 4 is 5.91 Å². The minimum Gasteiger partial charge on any atom is -0.494 e. The summed E-state index contributed by atoms with van der Waals surface area (Å²) < 4.78 is 0. The molecule has 0 aliphatic rings. The van der Waals surface area contributed by atoms with Gasteiger partial charge >= 0.3 is 0 Å². The Bertz CT molecular complexity index is 603. The van der Waals surface area contributed by atoms with Crippen LogP contribution in [0, 0.1) is 0 Å². The third-order valence-electron chi connectivity index (χ3n) is 2.46. The van der Waals surface area contributed by atoms with Gasteiger partial charge in [-0.1, -0.05) is 0 Å². The number of rotatable bonds is 3. The average molecular weight is 248 g/mol. The molecule has 0 aliphatic carbocycles. The van der Waals surface area contributed by atoms with Crippen molar-refractivity contribution in [2.75, 3.05) is 0 Å². The lowest BCUT2D eigenvalue weighted by atomic mass is 10.1. The number of carbonyl (C=O) groups is 1. The van der Waals surface area contributed by atoms with Crippen LogP contribution < -0.4 is 10.9 Å². The molecular weight excluding hydrogens is 236 g/mol. The smallest absolute Gasteiger partial charge is 0.252 e. The van der Waals surface area contributed by atoms with Gasteiger partial charge in [0, 0.05) is 23.9 Å². The van der Waals surface area contributed by atoms with Gasteiger partial charge in [-0.25, -0.2) is 0 Å². The van der Waals surface area contributed by atoms with Gasteiger partial charge in [-0.3, -0.25) is 19.7 Å². The SMILES string of the molecule is CC(NC(=O)c1cc(O)[nH]c(=O)c1)c1cn[nH]c1. The molecule has 4 N–H and O–H groups in total. The van der Waals surface area contributed by atoms with Crippen molar-refractivity contribution in [2.45, 2.75) is 13.0 Å². The molecule has 0 saturated heterocycles. The molecule has 2 heterocycles. The van der Waals surface area contributed by atoms with Crippen LogP contribution in [0.2, 0.25) is 0 Å². The van der Waals surface area contributed by atoms with Crippen molar-refractivity contribution in [1.29, 1.82) is 0 Å². The predicted molar refractivity (Wildman–Crippen MR) is 63.2 cm³/mol. The third kappa shape index (κ3) is 2.57. The molecule has 0 radical (unpaired) electrons. The van der Waals surface area contributed by atoms with Crippen molar-refractivity contribution in [3.05, 3.63) is 46.0 Å². The number of aromatic nitrogens is 3. The van der Waals surface area contributed by atoms with Gasteiger partial charge in [-0.15, -0.1) is 0 Å². The summed E-state index contributed by atoms with van der Waals surface area (Å²) in [6.07, 6.45) is 3.26. The van der Waals surface area contributed by atoms with Crippen molar-refractivity contribution in [3.63, 3.8) is 0 Å². The Hall–Kier alpha value is -2.57. The highest BCUT2D eigenvalue weighted by Crippen LogP contribution is 2.11. The second kappa shape index (κ2) is 4.74. The zero-order valence-corrected chi connectivity index (χ0v) is 9.60. The summed E-state index contributed by atoms with van der Waals surface area (Å²) in [5.74, 6) is -0.784. The van der Waals surface area contributed by atoms with E-state index in [1.165, 1.54) is 6.07 Å². The molecule has 2 aromatic rings. The Morgan fingerprint density at radius 2 is 2.28 bits per heavy atom. The maximum absolute atomic E-state index is 11.8. The lowest BCUT2D eigenvalue weighted by Gasteiger charge is -2.11. The molecule has 0 fully saturated rings. The first-order valence-electron chi connectivity index (χ1n) is 5.29. The summed E-state index contributed by atoms with van der Waals surface area (Å²) >= 11 is 0. The van der Waals surface area contributed by atoms with Crippen LogP contribution in [0.25, 0.3) is 0 Å². The molecule has 1 atom stereocenters. The van der Waals surface area contributed by atoms with E-state index < -0.39 is 11.5 Å². The predicted octanol–water partition coefficient (Wildman–Crippen LogP) is 0.295. The number of amides is 1. The van der Waals surface area contributed by atoms with Crippen molar-refractivity contribution < 1.29 is 9.90 Å². The zero-order valence-electron chi connectivity index (χ0n) is 9.60. The normalized spacial score (nSPS) is 12.1. The van der Waals surface area contributed by atoms with Crippen LogP contribution in [-0.2, 0) is 0 Å². The molecule has 2 rings (SSSR count). The maximum atomic E-state index is 11.8. The van der Waals surface area contributed by atoms with Gasteiger partial charge in [-0.05, 0) is 6.92 Å². The van der Waals surface area contributed by atoms with Gasteiger partial charge in [0.25, 0.3) is 11.5 Å². The van der Waals surface area contributed by atoms with Crippen molar-refractivity contribution in [1.82, 2.24) is 20.5 Å². The second-order valence-electron chi connectivity index (χ2n) is 3.85. The molecule has 18 heavy (non-hydrogen) atoms. The lowest BCUT2D eigenvalue weighted by Crippen LogP contribution is -2.27. The van der Waals surface area contributed by atoms with Crippen LogP contribution in [0.15, 0.2) is 29.3 Å². The second-order valence-corrected chi connectivity index (χ2v) is 3.85. The van der Waals surface area contributed by atoms with Gasteiger partial charge in [-0.2, -0.15) is 5.10 Å². The fourth-order valence-electron chi connectivity index (χ4n) is 1.52. The van der Waals surface area contributed by atoms with Crippen LogP contribution in [0.1, 0.15) is 28.9 Å². The Balaban J connectivity index is 2.15. The average Bonchev–Trinajstić information content (AvgIpc) is 2.80. The summed E-state index contributed by atoms with van der Waals surface area (Å²) in [4.78, 5) is 25.1. The number of H-pyrrole nitrogens is 2. The first-order valence-corrected chi connectivity index (χ1v) is 5.29. The maximum Gasteiger partial charge on any atom is 0.252 e. The third-order valence-corrected chi connectivity index (χ3v) is 2.46. The monoisotopic (exact) mass is 248 g/mol. The first-order chi connectivity index (χ1) is 8.56. The molecule has 0 bridgehead atoms. The molecule has 1 amide bonds. The van der Waals surface area contributed by atoms with Gasteiger partial charge in [0.15, 0.2) is 5.88 Å². The number of aromatic amines is 2. The van der Waals surface area contributed by atoms with E-state index in [9.17, 15) is 14.7 Å². The van der Waals surface area contributed by atoms with Crippen molar-refractivity contribution in [2.24, 2.45) is 0 Å². The molecule has 94 valence electrons. The minimum atomic E-state index is -0.531. The van der Waals surface area contributed by atoms with E-state index in [-0.39, 0.29) is 17.5 Å². The van der Waals surface area contributed by atoms with E-state index in [0.717, 1.165) is 11.6 Å². The number of aromatic hydroxyl groups is 1.